The van der Waals surface area contributed by atoms with Crippen molar-refractivity contribution < 1.29 is 14.9 Å². The van der Waals surface area contributed by atoms with Gasteiger partial charge in [-0.1, -0.05) is 82.0 Å². The molecule has 2 rings (SSSR count). The maximum Gasteiger partial charge on any atom is 0.160 e. The Hall–Kier alpha value is -2.26. The van der Waals surface area contributed by atoms with Gasteiger partial charge in [0, 0.05) is 0 Å². The number of methoxy groups -OCH3 is 1. The van der Waals surface area contributed by atoms with E-state index in [4.69, 9.17) is 4.74 Å². The van der Waals surface area contributed by atoms with Crippen LogP contribution in [-0.2, 0) is 12.0 Å². The first-order valence-corrected chi connectivity index (χ1v) is 10.2. The molecule has 28 heavy (non-hydrogen) atoms. The van der Waals surface area contributed by atoms with E-state index in [1.165, 1.54) is 7.11 Å². The predicted molar refractivity (Wildman–Crippen MR) is 118 cm³/mol. The minimum absolute atomic E-state index is 0.172. The van der Waals surface area contributed by atoms with E-state index in [0.717, 1.165) is 56.1 Å². The number of hydrogen-bond acceptors (Lipinski definition) is 3. The molecule has 0 spiro atoms. The van der Waals surface area contributed by atoms with Gasteiger partial charge in [-0.2, -0.15) is 0 Å². The zero-order valence-electron chi connectivity index (χ0n) is 17.7. The number of benzene rings is 2. The molecule has 0 aliphatic rings. The third-order valence-electron chi connectivity index (χ3n) is 4.82. The van der Waals surface area contributed by atoms with Gasteiger partial charge in [-0.3, -0.25) is 0 Å². The Morgan fingerprint density at radius 3 is 2.11 bits per heavy atom. The second kappa shape index (κ2) is 13.0. The van der Waals surface area contributed by atoms with Crippen LogP contribution in [0.4, 0.5) is 0 Å². The lowest BCUT2D eigenvalue weighted by molar-refractivity contribution is 0.0141. The van der Waals surface area contributed by atoms with Crippen molar-refractivity contribution in [3.05, 3.63) is 72.3 Å². The van der Waals surface area contributed by atoms with Crippen LogP contribution in [0.25, 0.3) is 0 Å². The lowest BCUT2D eigenvalue weighted by atomic mass is 9.84. The molecule has 0 aromatic heterocycles. The quantitative estimate of drug-likeness (QED) is 0.467. The van der Waals surface area contributed by atoms with E-state index >= 15 is 0 Å². The Balaban J connectivity index is 0.000000292. The van der Waals surface area contributed by atoms with E-state index in [0.29, 0.717) is 5.75 Å². The van der Waals surface area contributed by atoms with Gasteiger partial charge in [0.05, 0.1) is 12.7 Å². The fourth-order valence-corrected chi connectivity index (χ4v) is 3.12. The second-order valence-corrected chi connectivity index (χ2v) is 7.10. The van der Waals surface area contributed by atoms with Gasteiger partial charge in [0.2, 0.25) is 0 Å². The number of aliphatic hydroxyl groups is 1. The molecule has 0 aliphatic carbocycles. The van der Waals surface area contributed by atoms with Crippen molar-refractivity contribution in [2.24, 2.45) is 0 Å². The molecule has 2 N–H and O–H groups in total. The molecule has 0 heterocycles. The van der Waals surface area contributed by atoms with E-state index in [2.05, 4.69) is 20.4 Å². The van der Waals surface area contributed by atoms with Crippen molar-refractivity contribution in [1.82, 2.24) is 0 Å². The van der Waals surface area contributed by atoms with Crippen LogP contribution in [0, 0.1) is 0 Å². The molecule has 2 aromatic rings. The molecule has 0 bridgehead atoms. The Morgan fingerprint density at radius 2 is 1.61 bits per heavy atom. The summed E-state index contributed by atoms with van der Waals surface area (Å²) in [7, 11) is 1.53. The second-order valence-electron chi connectivity index (χ2n) is 7.10. The zero-order valence-corrected chi connectivity index (χ0v) is 17.7. The molecule has 154 valence electrons. The third kappa shape index (κ3) is 7.77. The van der Waals surface area contributed by atoms with E-state index in [1.54, 1.807) is 12.1 Å². The SMILES string of the molecule is C=CCc1ccc(O)c(OC)c1.CCCCC(O)(CCCC)c1ccccc1. The van der Waals surface area contributed by atoms with Gasteiger partial charge < -0.3 is 14.9 Å². The number of ether oxygens (including phenoxy) is 1. The van der Waals surface area contributed by atoms with Gasteiger partial charge in [-0.05, 0) is 42.5 Å². The minimum Gasteiger partial charge on any atom is -0.504 e. The number of phenols is 1. The van der Waals surface area contributed by atoms with Crippen LogP contribution in [0.2, 0.25) is 0 Å². The summed E-state index contributed by atoms with van der Waals surface area (Å²) in [6.45, 7) is 7.97. The van der Waals surface area contributed by atoms with Crippen molar-refractivity contribution in [2.75, 3.05) is 7.11 Å². The van der Waals surface area contributed by atoms with Gasteiger partial charge >= 0.3 is 0 Å². The highest BCUT2D eigenvalue weighted by Crippen LogP contribution is 2.32. The van der Waals surface area contributed by atoms with E-state index in [1.807, 2.05) is 42.5 Å². The topological polar surface area (TPSA) is 49.7 Å². The molecule has 0 atom stereocenters. The first-order chi connectivity index (χ1) is 13.5. The van der Waals surface area contributed by atoms with Crippen molar-refractivity contribution >= 4 is 0 Å². The molecular weight excluding hydrogens is 348 g/mol. The van der Waals surface area contributed by atoms with Gasteiger partial charge in [0.1, 0.15) is 0 Å². The highest BCUT2D eigenvalue weighted by molar-refractivity contribution is 5.42. The Kier molecular flexibility index (Phi) is 11.0. The molecule has 0 fully saturated rings. The highest BCUT2D eigenvalue weighted by atomic mass is 16.5. The molecule has 0 amide bonds. The van der Waals surface area contributed by atoms with Crippen LogP contribution in [0.3, 0.4) is 0 Å². The summed E-state index contributed by atoms with van der Waals surface area (Å²) in [5.74, 6) is 0.680. The molecule has 0 saturated carbocycles. The van der Waals surface area contributed by atoms with Crippen LogP contribution in [0.5, 0.6) is 11.5 Å². The highest BCUT2D eigenvalue weighted by Gasteiger charge is 2.27. The zero-order chi connectivity index (χ0) is 20.8. The maximum absolute atomic E-state index is 10.7. The lowest BCUT2D eigenvalue weighted by Crippen LogP contribution is -2.25. The maximum atomic E-state index is 10.7. The summed E-state index contributed by atoms with van der Waals surface area (Å²) in [6.07, 6.45) is 8.83. The lowest BCUT2D eigenvalue weighted by Gasteiger charge is -2.28. The summed E-state index contributed by atoms with van der Waals surface area (Å²) in [5.41, 5.74) is 1.56. The van der Waals surface area contributed by atoms with E-state index in [9.17, 15) is 10.2 Å². The standard InChI is InChI=1S/C15H24O.C10H12O2/c1-3-5-12-15(16,13-6-4-2)14-10-8-7-9-11-14;1-3-4-8-5-6-9(11)10(7-8)12-2/h7-11,16H,3-6,12-13H2,1-2H3;3,5-7,11H,1,4H2,2H3. The fourth-order valence-electron chi connectivity index (χ4n) is 3.12. The minimum atomic E-state index is -0.604. The summed E-state index contributed by atoms with van der Waals surface area (Å²) >= 11 is 0. The predicted octanol–water partition coefficient (Wildman–Crippen LogP) is 6.38. The molecule has 0 aliphatic heterocycles. The summed E-state index contributed by atoms with van der Waals surface area (Å²) in [6, 6.07) is 15.4. The van der Waals surface area contributed by atoms with Crippen LogP contribution in [0.1, 0.15) is 63.5 Å². The Labute approximate surface area is 170 Å². The molecular formula is C25H36O3. The van der Waals surface area contributed by atoms with Crippen molar-refractivity contribution in [2.45, 2.75) is 64.4 Å². The van der Waals surface area contributed by atoms with Crippen LogP contribution >= 0.6 is 0 Å². The fraction of sp³-hybridized carbons (Fsp3) is 0.440. The number of rotatable bonds is 10. The molecule has 0 radical (unpaired) electrons. The van der Waals surface area contributed by atoms with Gasteiger partial charge in [-0.15, -0.1) is 6.58 Å². The van der Waals surface area contributed by atoms with Crippen molar-refractivity contribution in [3.8, 4) is 11.5 Å². The van der Waals surface area contributed by atoms with Crippen LogP contribution in [0.15, 0.2) is 61.2 Å². The molecule has 0 unspecified atom stereocenters. The largest absolute Gasteiger partial charge is 0.504 e. The Bertz CT molecular complexity index is 671. The average molecular weight is 385 g/mol. The average Bonchev–Trinajstić information content (AvgIpc) is 2.73. The van der Waals surface area contributed by atoms with Gasteiger partial charge in [0.15, 0.2) is 11.5 Å². The summed E-state index contributed by atoms with van der Waals surface area (Å²) < 4.78 is 4.95. The first-order valence-electron chi connectivity index (χ1n) is 10.2. The van der Waals surface area contributed by atoms with Crippen molar-refractivity contribution in [1.29, 1.82) is 0 Å². The number of allylic oxidation sites excluding steroid dienone is 1. The third-order valence-corrected chi connectivity index (χ3v) is 4.82. The van der Waals surface area contributed by atoms with Crippen LogP contribution < -0.4 is 4.74 Å². The summed E-state index contributed by atoms with van der Waals surface area (Å²) in [4.78, 5) is 0. The number of aromatic hydroxyl groups is 1. The summed E-state index contributed by atoms with van der Waals surface area (Å²) in [5, 5.41) is 20.0. The molecule has 3 heteroatoms. The van der Waals surface area contributed by atoms with E-state index < -0.39 is 5.60 Å². The van der Waals surface area contributed by atoms with Crippen molar-refractivity contribution in [3.63, 3.8) is 0 Å². The smallest absolute Gasteiger partial charge is 0.160 e. The number of hydrogen-bond donors (Lipinski definition) is 2. The van der Waals surface area contributed by atoms with E-state index in [-0.39, 0.29) is 5.75 Å². The monoisotopic (exact) mass is 384 g/mol. The molecule has 0 saturated heterocycles. The number of phenolic OH excluding ortho intramolecular Hbond substituents is 1. The molecule has 2 aromatic carbocycles. The van der Waals surface area contributed by atoms with Gasteiger partial charge in [-0.25, -0.2) is 0 Å². The first kappa shape index (κ1) is 23.8. The van der Waals surface area contributed by atoms with Crippen LogP contribution in [-0.4, -0.2) is 17.3 Å². The molecule has 3 nitrogen and oxygen atoms in total. The Morgan fingerprint density at radius 1 is 1.00 bits per heavy atom. The van der Waals surface area contributed by atoms with Gasteiger partial charge in [0.25, 0.3) is 0 Å². The normalized spacial score (nSPS) is 10.7. The number of unbranched alkanes of at least 4 members (excludes halogenated alkanes) is 2.